The number of ether oxygens (including phenoxy) is 1. The lowest BCUT2D eigenvalue weighted by Gasteiger charge is -2.24. The number of hydrogen-bond donors (Lipinski definition) is 6. The van der Waals surface area contributed by atoms with Gasteiger partial charge in [-0.1, -0.05) is 0 Å². The highest BCUT2D eigenvalue weighted by Crippen LogP contribution is 2.31. The molecule has 0 amide bonds. The van der Waals surface area contributed by atoms with Crippen molar-refractivity contribution >= 4 is 18.0 Å². The summed E-state index contributed by atoms with van der Waals surface area (Å²) in [7, 11) is 0. The summed E-state index contributed by atoms with van der Waals surface area (Å²) in [4.78, 5) is 3.46. The van der Waals surface area contributed by atoms with Gasteiger partial charge in [-0.15, -0.1) is 0 Å². The first kappa shape index (κ1) is 15.3. The highest BCUT2D eigenvalue weighted by molar-refractivity contribution is 6.29. The quantitative estimate of drug-likeness (QED) is 0.154. The number of alkyl halides is 1. The number of hydrogen-bond acceptors (Lipinski definition) is 6. The number of nitrogens with two attached hydrogens (primary N) is 1. The molecule has 10 heteroatoms. The fourth-order valence-corrected chi connectivity index (χ4v) is 1.53. The summed E-state index contributed by atoms with van der Waals surface area (Å²) < 4.78 is 18.9. The van der Waals surface area contributed by atoms with E-state index in [1.807, 2.05) is 0 Å². The second-order valence-corrected chi connectivity index (χ2v) is 4.15. The average molecular weight is 277 g/mol. The molecular weight excluding hydrogens is 261 g/mol. The molecular formula is C9H16FN5O4. The minimum atomic E-state index is -1.87. The first-order chi connectivity index (χ1) is 8.87. The van der Waals surface area contributed by atoms with Crippen molar-refractivity contribution in [3.8, 4) is 0 Å². The van der Waals surface area contributed by atoms with Gasteiger partial charge in [0.15, 0.2) is 12.4 Å². The number of nitrogens with zero attached hydrogens (tertiary/aromatic N) is 2. The van der Waals surface area contributed by atoms with Crippen LogP contribution in [0.2, 0.25) is 0 Å². The van der Waals surface area contributed by atoms with Crippen molar-refractivity contribution in [3.63, 3.8) is 0 Å². The smallest absolute Gasteiger partial charge is 0.263 e. The Kier molecular flexibility index (Phi) is 4.75. The first-order valence-electron chi connectivity index (χ1n) is 5.32. The van der Waals surface area contributed by atoms with Gasteiger partial charge in [0.2, 0.25) is 0 Å². The van der Waals surface area contributed by atoms with Crippen molar-refractivity contribution in [2.45, 2.75) is 31.0 Å². The molecule has 1 saturated heterocycles. The Labute approximate surface area is 108 Å². The van der Waals surface area contributed by atoms with Crippen LogP contribution in [0.3, 0.4) is 0 Å². The minimum absolute atomic E-state index is 0.279. The van der Waals surface area contributed by atoms with Crippen LogP contribution < -0.4 is 11.1 Å². The Morgan fingerprint density at radius 3 is 2.74 bits per heavy atom. The summed E-state index contributed by atoms with van der Waals surface area (Å²) in [5.41, 5.74) is 3.74. The molecule has 1 fully saturated rings. The molecule has 0 unspecified atom stereocenters. The summed E-state index contributed by atoms with van der Waals surface area (Å²) in [5.74, 6) is -0.762. The molecule has 0 radical (unpaired) electrons. The zero-order valence-electron chi connectivity index (χ0n) is 10.1. The third-order valence-electron chi connectivity index (χ3n) is 2.68. The van der Waals surface area contributed by atoms with Gasteiger partial charge in [-0.25, -0.2) is 4.39 Å². The van der Waals surface area contributed by atoms with Gasteiger partial charge in [0.1, 0.15) is 17.5 Å². The number of rotatable bonds is 3. The number of nitrogens with one attached hydrogen (secondary N) is 2. The fraction of sp³-hybridized carbons (Fsp3) is 0.667. The monoisotopic (exact) mass is 277 g/mol. The van der Waals surface area contributed by atoms with Gasteiger partial charge in [-0.05, 0) is 12.1 Å². The first-order valence-corrected chi connectivity index (χ1v) is 5.32. The fourth-order valence-electron chi connectivity index (χ4n) is 1.53. The molecule has 1 rings (SSSR count). The van der Waals surface area contributed by atoms with E-state index in [1.165, 1.54) is 6.92 Å². The normalized spacial score (nSPS) is 36.3. The number of oxime groups is 1. The number of aliphatic hydroxyl groups is 2. The molecule has 1 heterocycles. The van der Waals surface area contributed by atoms with Gasteiger partial charge >= 0.3 is 0 Å². The van der Waals surface area contributed by atoms with Crippen LogP contribution in [0.25, 0.3) is 0 Å². The third kappa shape index (κ3) is 3.16. The molecule has 0 saturated carbocycles. The van der Waals surface area contributed by atoms with E-state index in [9.17, 15) is 9.50 Å². The largest absolute Gasteiger partial charge is 0.408 e. The number of halogens is 1. The molecule has 0 spiro atoms. The van der Waals surface area contributed by atoms with Gasteiger partial charge in [0.05, 0.1) is 12.8 Å². The summed E-state index contributed by atoms with van der Waals surface area (Å²) in [5, 5.41) is 39.1. The average Bonchev–Trinajstić information content (AvgIpc) is 2.63. The number of aliphatic hydroxyl groups excluding tert-OH is 2. The van der Waals surface area contributed by atoms with Crippen molar-refractivity contribution in [2.75, 3.05) is 6.61 Å². The topological polar surface area (TPSA) is 157 Å². The van der Waals surface area contributed by atoms with Crippen molar-refractivity contribution in [2.24, 2.45) is 15.9 Å². The van der Waals surface area contributed by atoms with Crippen molar-refractivity contribution in [1.82, 2.24) is 5.32 Å². The summed E-state index contributed by atoms with van der Waals surface area (Å²) in [6.07, 6.45) is -4.10. The standard InChI is InChI=1S/C9H16FN5O4/c1-9(3-16)6(17)5(10)7(19-9)14-8(15-18)13-4(12)2-11/h2,5-7,11,16-18H,3H2,1H3,(H3,12,13,14,15)/t5-,6-,7+,9+/m0/s1. The molecule has 0 aromatic carbocycles. The highest BCUT2D eigenvalue weighted by Gasteiger charge is 2.52. The lowest BCUT2D eigenvalue weighted by Crippen LogP contribution is -2.42. The maximum Gasteiger partial charge on any atom is 0.263 e. The number of amidine groups is 1. The Morgan fingerprint density at radius 2 is 2.32 bits per heavy atom. The molecule has 9 nitrogen and oxygen atoms in total. The third-order valence-corrected chi connectivity index (χ3v) is 2.68. The number of aliphatic imine (C=N–C) groups is 1. The minimum Gasteiger partial charge on any atom is -0.408 e. The van der Waals surface area contributed by atoms with Crippen LogP contribution in [0, 0.1) is 5.41 Å². The summed E-state index contributed by atoms with van der Waals surface area (Å²) in [6, 6.07) is 0. The zero-order chi connectivity index (χ0) is 14.6. The lowest BCUT2D eigenvalue weighted by molar-refractivity contribution is -0.101. The van der Waals surface area contributed by atoms with Crippen LogP contribution in [0.4, 0.5) is 4.39 Å². The SMILES string of the molecule is C[C@]1(CO)O[C@@H](NC(=N/O)/N=C(/N)C=N)[C@@H](F)[C@@H]1O. The maximum atomic E-state index is 13.8. The molecule has 108 valence electrons. The Morgan fingerprint density at radius 1 is 1.68 bits per heavy atom. The molecule has 19 heavy (non-hydrogen) atoms. The molecule has 0 bridgehead atoms. The van der Waals surface area contributed by atoms with E-state index in [-0.39, 0.29) is 5.84 Å². The second kappa shape index (κ2) is 5.91. The molecule has 0 aliphatic carbocycles. The predicted molar refractivity (Wildman–Crippen MR) is 64.0 cm³/mol. The molecule has 1 aliphatic heterocycles. The lowest BCUT2D eigenvalue weighted by atomic mass is 9.99. The van der Waals surface area contributed by atoms with E-state index < -0.39 is 36.7 Å². The molecule has 0 aromatic heterocycles. The summed E-state index contributed by atoms with van der Waals surface area (Å²) in [6.45, 7) is 0.737. The Balaban J connectivity index is 2.81. The molecule has 7 N–H and O–H groups in total. The van der Waals surface area contributed by atoms with Gasteiger partial charge in [0.25, 0.3) is 5.96 Å². The van der Waals surface area contributed by atoms with Crippen LogP contribution in [-0.4, -0.2) is 64.1 Å². The van der Waals surface area contributed by atoms with Crippen LogP contribution in [0.15, 0.2) is 10.1 Å². The number of guanidine groups is 1. The van der Waals surface area contributed by atoms with E-state index in [2.05, 4.69) is 15.5 Å². The van der Waals surface area contributed by atoms with Crippen LogP contribution in [0.5, 0.6) is 0 Å². The van der Waals surface area contributed by atoms with E-state index in [0.29, 0.717) is 6.21 Å². The molecule has 0 aromatic rings. The van der Waals surface area contributed by atoms with Crippen LogP contribution >= 0.6 is 0 Å². The van der Waals surface area contributed by atoms with E-state index in [1.54, 1.807) is 0 Å². The highest BCUT2D eigenvalue weighted by atomic mass is 19.1. The van der Waals surface area contributed by atoms with Crippen molar-refractivity contribution in [3.05, 3.63) is 0 Å². The van der Waals surface area contributed by atoms with Crippen LogP contribution in [0.1, 0.15) is 6.92 Å². The van der Waals surface area contributed by atoms with Gasteiger partial charge in [0, 0.05) is 0 Å². The maximum absolute atomic E-state index is 13.8. The van der Waals surface area contributed by atoms with Gasteiger partial charge in [-0.3, -0.25) is 0 Å². The molecule has 1 aliphatic rings. The van der Waals surface area contributed by atoms with E-state index in [0.717, 1.165) is 0 Å². The zero-order valence-corrected chi connectivity index (χ0v) is 10.1. The predicted octanol–water partition coefficient (Wildman–Crippen LogP) is -1.87. The summed E-state index contributed by atoms with van der Waals surface area (Å²) >= 11 is 0. The Bertz CT molecular complexity index is 404. The molecule has 4 atom stereocenters. The van der Waals surface area contributed by atoms with Gasteiger partial charge in [-0.2, -0.15) is 4.99 Å². The van der Waals surface area contributed by atoms with Crippen molar-refractivity contribution in [1.29, 1.82) is 5.41 Å². The van der Waals surface area contributed by atoms with E-state index in [4.69, 9.17) is 26.2 Å². The Hall–Kier alpha value is -1.78. The van der Waals surface area contributed by atoms with Crippen molar-refractivity contribution < 1.29 is 24.5 Å². The van der Waals surface area contributed by atoms with E-state index >= 15 is 0 Å². The second-order valence-electron chi connectivity index (χ2n) is 4.15. The van der Waals surface area contributed by atoms with Gasteiger partial charge < -0.3 is 36.6 Å². The van der Waals surface area contributed by atoms with Crippen LogP contribution in [-0.2, 0) is 4.74 Å².